The van der Waals surface area contributed by atoms with E-state index < -0.39 is 5.56 Å². The molecular weight excluding hydrogens is 266 g/mol. The normalized spacial score (nSPS) is 10.6. The third-order valence-corrected chi connectivity index (χ3v) is 2.90. The molecule has 0 fully saturated rings. The number of aromatic nitrogens is 3. The molecule has 0 amide bonds. The lowest BCUT2D eigenvalue weighted by atomic mass is 10.2. The molecule has 0 saturated heterocycles. The summed E-state index contributed by atoms with van der Waals surface area (Å²) < 4.78 is 5.58. The Bertz CT molecular complexity index is 796. The fraction of sp³-hybridized carbons (Fsp3) is 0. The number of H-pyrrole nitrogens is 1. The van der Waals surface area contributed by atoms with Crippen molar-refractivity contribution in [1.82, 2.24) is 15.0 Å². The number of rotatable bonds is 2. The second kappa shape index (κ2) is 4.70. The number of ether oxygens (including phenoxy) is 1. The van der Waals surface area contributed by atoms with Gasteiger partial charge in [-0.15, -0.1) is 0 Å². The number of aromatic amines is 1. The molecule has 0 bridgehead atoms. The number of para-hydroxylation sites is 1. The molecule has 1 aromatic carbocycles. The number of halogens is 1. The molecule has 2 aromatic heterocycles. The summed E-state index contributed by atoms with van der Waals surface area (Å²) in [7, 11) is 0. The predicted octanol–water partition coefficient (Wildman–Crippen LogP) is 2.76. The van der Waals surface area contributed by atoms with Crippen molar-refractivity contribution < 1.29 is 4.74 Å². The van der Waals surface area contributed by atoms with Crippen molar-refractivity contribution in [3.05, 3.63) is 58.2 Å². The van der Waals surface area contributed by atoms with Gasteiger partial charge in [0.05, 0.1) is 6.33 Å². The van der Waals surface area contributed by atoms with Gasteiger partial charge in [0.1, 0.15) is 5.52 Å². The largest absolute Gasteiger partial charge is 0.435 e. The van der Waals surface area contributed by atoms with E-state index in [9.17, 15) is 4.79 Å². The average Bonchev–Trinajstić information content (AvgIpc) is 2.44. The van der Waals surface area contributed by atoms with E-state index >= 15 is 0 Å². The minimum Gasteiger partial charge on any atom is -0.435 e. The zero-order chi connectivity index (χ0) is 13.2. The fourth-order valence-corrected chi connectivity index (χ4v) is 1.84. The van der Waals surface area contributed by atoms with Crippen LogP contribution in [-0.4, -0.2) is 15.0 Å². The van der Waals surface area contributed by atoms with Crippen molar-refractivity contribution in [3.63, 3.8) is 0 Å². The number of fused-ring (bicyclic) bond motifs is 1. The van der Waals surface area contributed by atoms with E-state index in [1.165, 1.54) is 6.33 Å². The van der Waals surface area contributed by atoms with E-state index in [0.29, 0.717) is 11.3 Å². The number of benzene rings is 1. The standard InChI is InChI=1S/C13H8ClN3O2/c14-10-12(18)16-7-17-13(10)19-9-5-1-3-8-4-2-6-15-11(8)9/h1-7H,(H,16,17,18). The molecule has 19 heavy (non-hydrogen) atoms. The first-order chi connectivity index (χ1) is 9.25. The molecule has 0 saturated carbocycles. The summed E-state index contributed by atoms with van der Waals surface area (Å²) in [6, 6.07) is 9.25. The van der Waals surface area contributed by atoms with E-state index in [4.69, 9.17) is 16.3 Å². The van der Waals surface area contributed by atoms with Gasteiger partial charge in [-0.25, -0.2) is 4.98 Å². The maximum absolute atomic E-state index is 11.4. The van der Waals surface area contributed by atoms with Crippen LogP contribution in [0.5, 0.6) is 11.6 Å². The first kappa shape index (κ1) is 11.7. The van der Waals surface area contributed by atoms with Gasteiger partial charge in [-0.1, -0.05) is 29.8 Å². The quantitative estimate of drug-likeness (QED) is 0.779. The van der Waals surface area contributed by atoms with Crippen LogP contribution in [0.3, 0.4) is 0 Å². The number of hydrogen-bond donors (Lipinski definition) is 1. The van der Waals surface area contributed by atoms with Crippen LogP contribution in [0.2, 0.25) is 5.02 Å². The van der Waals surface area contributed by atoms with Crippen LogP contribution in [0, 0.1) is 0 Å². The molecule has 1 N–H and O–H groups in total. The van der Waals surface area contributed by atoms with Crippen molar-refractivity contribution >= 4 is 22.5 Å². The van der Waals surface area contributed by atoms with Gasteiger partial charge in [0.15, 0.2) is 10.8 Å². The highest BCUT2D eigenvalue weighted by Crippen LogP contribution is 2.29. The Balaban J connectivity index is 2.11. The lowest BCUT2D eigenvalue weighted by molar-refractivity contribution is 0.465. The molecule has 0 aliphatic heterocycles. The summed E-state index contributed by atoms with van der Waals surface area (Å²) in [6.45, 7) is 0. The van der Waals surface area contributed by atoms with Crippen LogP contribution in [0.1, 0.15) is 0 Å². The predicted molar refractivity (Wildman–Crippen MR) is 71.7 cm³/mol. The van der Waals surface area contributed by atoms with Crippen LogP contribution >= 0.6 is 11.6 Å². The maximum atomic E-state index is 11.4. The van der Waals surface area contributed by atoms with Crippen molar-refractivity contribution in [2.45, 2.75) is 0 Å². The molecular formula is C13H8ClN3O2. The number of nitrogens with one attached hydrogen (secondary N) is 1. The van der Waals surface area contributed by atoms with Crippen molar-refractivity contribution in [1.29, 1.82) is 0 Å². The molecule has 0 aliphatic carbocycles. The van der Waals surface area contributed by atoms with E-state index in [2.05, 4.69) is 15.0 Å². The summed E-state index contributed by atoms with van der Waals surface area (Å²) in [5, 5.41) is 0.844. The zero-order valence-corrected chi connectivity index (χ0v) is 10.4. The summed E-state index contributed by atoms with van der Waals surface area (Å²) in [5.41, 5.74) is 0.239. The van der Waals surface area contributed by atoms with Crippen molar-refractivity contribution in [2.75, 3.05) is 0 Å². The molecule has 0 radical (unpaired) electrons. The Morgan fingerprint density at radius 1 is 1.16 bits per heavy atom. The smallest absolute Gasteiger partial charge is 0.273 e. The SMILES string of the molecule is O=c1[nH]cnc(Oc2cccc3cccnc23)c1Cl. The van der Waals surface area contributed by atoms with Gasteiger partial charge in [0, 0.05) is 11.6 Å². The number of pyridine rings is 1. The van der Waals surface area contributed by atoms with Gasteiger partial charge in [0.2, 0.25) is 5.88 Å². The topological polar surface area (TPSA) is 67.9 Å². The Labute approximate surface area is 112 Å². The molecule has 0 aliphatic rings. The Kier molecular flexibility index (Phi) is 2.89. The van der Waals surface area contributed by atoms with Gasteiger partial charge in [0.25, 0.3) is 5.56 Å². The zero-order valence-electron chi connectivity index (χ0n) is 9.63. The Morgan fingerprint density at radius 2 is 2.00 bits per heavy atom. The third kappa shape index (κ3) is 2.15. The summed E-state index contributed by atoms with van der Waals surface area (Å²) in [6.07, 6.45) is 2.91. The van der Waals surface area contributed by atoms with Crippen molar-refractivity contribution in [3.8, 4) is 11.6 Å². The maximum Gasteiger partial charge on any atom is 0.273 e. The van der Waals surface area contributed by atoms with Crippen LogP contribution in [0.25, 0.3) is 10.9 Å². The minimum atomic E-state index is -0.445. The van der Waals surface area contributed by atoms with Gasteiger partial charge in [-0.05, 0) is 12.1 Å². The molecule has 0 spiro atoms. The first-order valence-corrected chi connectivity index (χ1v) is 5.88. The highest BCUT2D eigenvalue weighted by molar-refractivity contribution is 6.31. The lowest BCUT2D eigenvalue weighted by Gasteiger charge is -2.07. The molecule has 2 heterocycles. The van der Waals surface area contributed by atoms with E-state index in [0.717, 1.165) is 5.39 Å². The molecule has 5 nitrogen and oxygen atoms in total. The molecule has 6 heteroatoms. The molecule has 3 rings (SSSR count). The summed E-state index contributed by atoms with van der Waals surface area (Å²) in [5.74, 6) is 0.557. The van der Waals surface area contributed by atoms with Gasteiger partial charge in [-0.3, -0.25) is 9.78 Å². The monoisotopic (exact) mass is 273 g/mol. The highest BCUT2D eigenvalue weighted by atomic mass is 35.5. The van der Waals surface area contributed by atoms with E-state index in [1.807, 2.05) is 24.3 Å². The van der Waals surface area contributed by atoms with Crippen LogP contribution in [-0.2, 0) is 0 Å². The van der Waals surface area contributed by atoms with Crippen LogP contribution in [0.15, 0.2) is 47.7 Å². The third-order valence-electron chi connectivity index (χ3n) is 2.57. The second-order valence-electron chi connectivity index (χ2n) is 3.78. The lowest BCUT2D eigenvalue weighted by Crippen LogP contribution is -2.07. The highest BCUT2D eigenvalue weighted by Gasteiger charge is 2.10. The Hall–Kier alpha value is -2.40. The van der Waals surface area contributed by atoms with Crippen molar-refractivity contribution in [2.24, 2.45) is 0 Å². The molecule has 0 atom stereocenters. The van der Waals surface area contributed by atoms with Crippen LogP contribution < -0.4 is 10.3 Å². The first-order valence-electron chi connectivity index (χ1n) is 5.50. The summed E-state index contributed by atoms with van der Waals surface area (Å²) in [4.78, 5) is 21.9. The molecule has 3 aromatic rings. The number of nitrogens with zero attached hydrogens (tertiary/aromatic N) is 2. The minimum absolute atomic E-state index is 0.0589. The second-order valence-corrected chi connectivity index (χ2v) is 4.16. The fourth-order valence-electron chi connectivity index (χ4n) is 1.70. The van der Waals surface area contributed by atoms with Crippen LogP contribution in [0.4, 0.5) is 0 Å². The summed E-state index contributed by atoms with van der Waals surface area (Å²) >= 11 is 5.84. The van der Waals surface area contributed by atoms with Gasteiger partial charge in [-0.2, -0.15) is 0 Å². The average molecular weight is 274 g/mol. The molecule has 94 valence electrons. The molecule has 0 unspecified atom stereocenters. The van der Waals surface area contributed by atoms with Gasteiger partial charge < -0.3 is 9.72 Å². The van der Waals surface area contributed by atoms with Gasteiger partial charge >= 0.3 is 0 Å². The number of hydrogen-bond acceptors (Lipinski definition) is 4. The Morgan fingerprint density at radius 3 is 2.89 bits per heavy atom. The van der Waals surface area contributed by atoms with E-state index in [1.54, 1.807) is 12.3 Å². The van der Waals surface area contributed by atoms with E-state index in [-0.39, 0.29) is 10.9 Å².